The second kappa shape index (κ2) is 7.89. The van der Waals surface area contributed by atoms with Gasteiger partial charge in [-0.2, -0.15) is 0 Å². The number of nitrogens with one attached hydrogen (secondary N) is 2. The highest BCUT2D eigenvalue weighted by atomic mass is 127. The van der Waals surface area contributed by atoms with Gasteiger partial charge in [0.25, 0.3) is 5.91 Å². The summed E-state index contributed by atoms with van der Waals surface area (Å²) in [5.41, 5.74) is 0.615. The fourth-order valence-electron chi connectivity index (χ4n) is 2.02. The van der Waals surface area contributed by atoms with Crippen molar-refractivity contribution in [2.75, 3.05) is 11.9 Å². The van der Waals surface area contributed by atoms with E-state index in [9.17, 15) is 9.18 Å². The molecule has 0 atom stereocenters. The van der Waals surface area contributed by atoms with E-state index in [-0.39, 0.29) is 18.3 Å². The molecule has 0 saturated heterocycles. The fraction of sp³-hybridized carbons (Fsp3) is 0.294. The normalized spacial score (nSPS) is 11.2. The van der Waals surface area contributed by atoms with Crippen LogP contribution in [0.4, 0.5) is 10.2 Å². The zero-order valence-electron chi connectivity index (χ0n) is 13.4. The molecule has 0 saturated carbocycles. The van der Waals surface area contributed by atoms with Crippen molar-refractivity contribution in [3.63, 3.8) is 0 Å². The summed E-state index contributed by atoms with van der Waals surface area (Å²) >= 11 is 2.14. The Hall–Kier alpha value is -1.74. The maximum absolute atomic E-state index is 12.9. The third kappa shape index (κ3) is 5.13. The Balaban J connectivity index is 1.98. The Morgan fingerprint density at radius 3 is 2.58 bits per heavy atom. The topological polar surface area (TPSA) is 74.2 Å². The maximum Gasteiger partial charge on any atom is 0.251 e. The number of aromatic nitrogens is 1. The van der Waals surface area contributed by atoms with Crippen LogP contribution in [0, 0.1) is 9.39 Å². The lowest BCUT2D eigenvalue weighted by Gasteiger charge is -2.27. The molecule has 0 aliphatic heterocycles. The van der Waals surface area contributed by atoms with Gasteiger partial charge in [-0.3, -0.25) is 4.79 Å². The minimum atomic E-state index is -0.536. The number of carbonyl (C=O) groups is 1. The van der Waals surface area contributed by atoms with Crippen LogP contribution < -0.4 is 10.6 Å². The number of hydrogen-bond acceptors (Lipinski definition) is 4. The van der Waals surface area contributed by atoms with E-state index in [2.05, 4.69) is 38.2 Å². The predicted octanol–water partition coefficient (Wildman–Crippen LogP) is 2.94. The van der Waals surface area contributed by atoms with Crippen molar-refractivity contribution >= 4 is 34.3 Å². The zero-order chi connectivity index (χ0) is 17.7. The van der Waals surface area contributed by atoms with Crippen molar-refractivity contribution in [1.82, 2.24) is 10.3 Å². The van der Waals surface area contributed by atoms with Crippen molar-refractivity contribution < 1.29 is 14.3 Å². The maximum atomic E-state index is 12.9. The second-order valence-corrected chi connectivity index (χ2v) is 7.19. The largest absolute Gasteiger partial charge is 0.392 e. The molecular weight excluding hydrogens is 424 g/mol. The summed E-state index contributed by atoms with van der Waals surface area (Å²) in [7, 11) is 0. The van der Waals surface area contributed by atoms with E-state index in [1.54, 1.807) is 6.20 Å². The highest BCUT2D eigenvalue weighted by molar-refractivity contribution is 14.1. The monoisotopic (exact) mass is 443 g/mol. The highest BCUT2D eigenvalue weighted by Crippen LogP contribution is 2.18. The number of aliphatic hydroxyl groups excluding tert-OH is 1. The first kappa shape index (κ1) is 18.6. The Labute approximate surface area is 153 Å². The minimum absolute atomic E-state index is 0.0531. The summed E-state index contributed by atoms with van der Waals surface area (Å²) < 4.78 is 13.8. The Morgan fingerprint density at radius 1 is 1.33 bits per heavy atom. The lowest BCUT2D eigenvalue weighted by Crippen LogP contribution is -2.48. The standard InChI is InChI=1S/C17H19FIN3O2/c1-17(2,22-16(24)12-3-5-13(18)6-4-12)10-21-15-14(19)7-11(9-23)8-20-15/h3-8,23H,9-10H2,1-2H3,(H,20,21)(H,22,24). The lowest BCUT2D eigenvalue weighted by atomic mass is 10.0. The van der Waals surface area contributed by atoms with Crippen LogP contribution in [-0.2, 0) is 6.61 Å². The number of anilines is 1. The summed E-state index contributed by atoms with van der Waals surface area (Å²) in [6, 6.07) is 7.27. The van der Waals surface area contributed by atoms with E-state index in [1.807, 2.05) is 19.9 Å². The van der Waals surface area contributed by atoms with E-state index in [4.69, 9.17) is 5.11 Å². The predicted molar refractivity (Wildman–Crippen MR) is 99.3 cm³/mol. The molecule has 1 aromatic carbocycles. The van der Waals surface area contributed by atoms with Crippen LogP contribution in [0.2, 0.25) is 0 Å². The molecule has 5 nitrogen and oxygen atoms in total. The average molecular weight is 443 g/mol. The number of aliphatic hydroxyl groups is 1. The van der Waals surface area contributed by atoms with Gasteiger partial charge in [-0.05, 0) is 72.3 Å². The van der Waals surface area contributed by atoms with Gasteiger partial charge in [0.2, 0.25) is 0 Å². The third-order valence-corrected chi connectivity index (χ3v) is 4.16. The number of pyridine rings is 1. The molecule has 0 unspecified atom stereocenters. The van der Waals surface area contributed by atoms with Crippen molar-refractivity contribution in [2.45, 2.75) is 26.0 Å². The summed E-state index contributed by atoms with van der Waals surface area (Å²) in [6.45, 7) is 4.18. The molecule has 3 N–H and O–H groups in total. The molecule has 2 rings (SSSR count). The minimum Gasteiger partial charge on any atom is -0.392 e. The molecule has 0 aliphatic rings. The quantitative estimate of drug-likeness (QED) is 0.601. The van der Waals surface area contributed by atoms with Crippen LogP contribution in [0.5, 0.6) is 0 Å². The van der Waals surface area contributed by atoms with Crippen molar-refractivity contribution in [2.24, 2.45) is 0 Å². The molecule has 1 amide bonds. The first-order valence-corrected chi connectivity index (χ1v) is 8.46. The van der Waals surface area contributed by atoms with Gasteiger partial charge < -0.3 is 15.7 Å². The van der Waals surface area contributed by atoms with Gasteiger partial charge in [0.15, 0.2) is 0 Å². The van der Waals surface area contributed by atoms with Gasteiger partial charge in [-0.1, -0.05) is 0 Å². The van der Waals surface area contributed by atoms with Gasteiger partial charge in [0.05, 0.1) is 15.7 Å². The second-order valence-electron chi connectivity index (χ2n) is 6.03. The van der Waals surface area contributed by atoms with Crippen LogP contribution in [0.3, 0.4) is 0 Å². The summed E-state index contributed by atoms with van der Waals surface area (Å²) in [4.78, 5) is 16.5. The molecule has 1 aromatic heterocycles. The Morgan fingerprint density at radius 2 is 2.00 bits per heavy atom. The fourth-order valence-corrected chi connectivity index (χ4v) is 2.75. The van der Waals surface area contributed by atoms with Crippen LogP contribution in [0.25, 0.3) is 0 Å². The molecule has 7 heteroatoms. The SMILES string of the molecule is CC(C)(CNc1ncc(CO)cc1I)NC(=O)c1ccc(F)cc1. The molecular formula is C17H19FIN3O2. The lowest BCUT2D eigenvalue weighted by molar-refractivity contribution is 0.0917. The summed E-state index contributed by atoms with van der Waals surface area (Å²) in [6.07, 6.45) is 1.61. The van der Waals surface area contributed by atoms with Crippen LogP contribution >= 0.6 is 22.6 Å². The number of rotatable bonds is 6. The average Bonchev–Trinajstić information content (AvgIpc) is 2.53. The van der Waals surface area contributed by atoms with Gasteiger partial charge in [-0.15, -0.1) is 0 Å². The zero-order valence-corrected chi connectivity index (χ0v) is 15.6. The molecule has 0 aliphatic carbocycles. The van der Waals surface area contributed by atoms with Crippen LogP contribution in [0.15, 0.2) is 36.5 Å². The molecule has 24 heavy (non-hydrogen) atoms. The van der Waals surface area contributed by atoms with E-state index in [0.29, 0.717) is 17.9 Å². The van der Waals surface area contributed by atoms with Gasteiger partial charge in [0.1, 0.15) is 11.6 Å². The van der Waals surface area contributed by atoms with E-state index >= 15 is 0 Å². The first-order valence-electron chi connectivity index (χ1n) is 7.38. The Kier molecular flexibility index (Phi) is 6.11. The smallest absolute Gasteiger partial charge is 0.251 e. The number of nitrogens with zero attached hydrogens (tertiary/aromatic N) is 1. The molecule has 0 radical (unpaired) electrons. The molecule has 128 valence electrons. The highest BCUT2D eigenvalue weighted by Gasteiger charge is 2.21. The molecule has 1 heterocycles. The number of benzene rings is 1. The first-order chi connectivity index (χ1) is 11.3. The molecule has 2 aromatic rings. The third-order valence-electron chi connectivity index (χ3n) is 3.34. The van der Waals surface area contributed by atoms with Crippen molar-refractivity contribution in [3.8, 4) is 0 Å². The molecule has 0 spiro atoms. The summed E-state index contributed by atoms with van der Waals surface area (Å²) in [5.74, 6) is 0.0523. The van der Waals surface area contributed by atoms with Gasteiger partial charge in [-0.25, -0.2) is 9.37 Å². The van der Waals surface area contributed by atoms with Crippen molar-refractivity contribution in [3.05, 3.63) is 57.0 Å². The van der Waals surface area contributed by atoms with Crippen LogP contribution in [-0.4, -0.2) is 28.1 Å². The van der Waals surface area contributed by atoms with E-state index in [1.165, 1.54) is 24.3 Å². The number of hydrogen-bond donors (Lipinski definition) is 3. The summed E-state index contributed by atoms with van der Waals surface area (Å²) in [5, 5.41) is 15.2. The Bertz CT molecular complexity index is 720. The number of carbonyl (C=O) groups excluding carboxylic acids is 1. The number of halogens is 2. The number of amides is 1. The van der Waals surface area contributed by atoms with E-state index in [0.717, 1.165) is 9.13 Å². The van der Waals surface area contributed by atoms with Gasteiger partial charge in [0, 0.05) is 18.3 Å². The van der Waals surface area contributed by atoms with Gasteiger partial charge >= 0.3 is 0 Å². The molecule has 0 bridgehead atoms. The van der Waals surface area contributed by atoms with E-state index < -0.39 is 5.54 Å². The van der Waals surface area contributed by atoms with Crippen LogP contribution in [0.1, 0.15) is 29.8 Å². The molecule has 0 fully saturated rings. The van der Waals surface area contributed by atoms with Crippen molar-refractivity contribution in [1.29, 1.82) is 0 Å².